The normalized spacial score (nSPS) is 17.6. The van der Waals surface area contributed by atoms with Crippen LogP contribution in [-0.2, 0) is 31.3 Å². The molecule has 44 heavy (non-hydrogen) atoms. The average molecular weight is 634 g/mol. The number of aromatic nitrogens is 3. The summed E-state index contributed by atoms with van der Waals surface area (Å²) in [6, 6.07) is 15.3. The zero-order valence-corrected chi connectivity index (χ0v) is 26.5. The number of nitrogens with one attached hydrogen (secondary N) is 1. The highest BCUT2D eigenvalue weighted by Crippen LogP contribution is 2.42. The number of anilines is 1. The number of pyridine rings is 1. The maximum Gasteiger partial charge on any atom is 0.291 e. The molecule has 11 heteroatoms. The third kappa shape index (κ3) is 5.16. The zero-order chi connectivity index (χ0) is 30.6. The fourth-order valence-electron chi connectivity index (χ4n) is 6.56. The lowest BCUT2D eigenvalue weighted by Crippen LogP contribution is -2.65. The number of likely N-dealkylation sites (tertiary alicyclic amines) is 1. The van der Waals surface area contributed by atoms with Crippen LogP contribution in [0.1, 0.15) is 27.6 Å². The van der Waals surface area contributed by atoms with E-state index in [4.69, 9.17) is 37.7 Å². The number of imidazole rings is 1. The topological polar surface area (TPSA) is 84.7 Å². The molecule has 0 bridgehead atoms. The lowest BCUT2D eigenvalue weighted by molar-refractivity contribution is -0.191. The van der Waals surface area contributed by atoms with Crippen molar-refractivity contribution in [2.75, 3.05) is 52.3 Å². The Balaban J connectivity index is 1.13. The molecule has 7 rings (SSSR count). The van der Waals surface area contributed by atoms with Gasteiger partial charge in [-0.05, 0) is 19.2 Å². The molecule has 0 radical (unpaired) electrons. The molecule has 9 nitrogen and oxygen atoms in total. The van der Waals surface area contributed by atoms with Gasteiger partial charge in [-0.15, -0.1) is 0 Å². The number of ether oxygens (including phenoxy) is 2. The molecule has 0 saturated carbocycles. The molecule has 2 saturated heterocycles. The third-order valence-electron chi connectivity index (χ3n) is 8.92. The molecule has 4 aromatic rings. The third-order valence-corrected chi connectivity index (χ3v) is 9.74. The summed E-state index contributed by atoms with van der Waals surface area (Å²) in [6.45, 7) is 6.22. The predicted octanol–water partition coefficient (Wildman–Crippen LogP) is 5.54. The first kappa shape index (κ1) is 29.3. The first-order valence-electron chi connectivity index (χ1n) is 14.7. The van der Waals surface area contributed by atoms with Gasteiger partial charge in [0.05, 0.1) is 47.4 Å². The smallest absolute Gasteiger partial charge is 0.291 e. The van der Waals surface area contributed by atoms with Crippen LogP contribution >= 0.6 is 23.2 Å². The standard InChI is InChI=1S/C33H34Cl2N6O3/c1-39-13-12-27-26(15-39)36-30(40(27)2)31(42)37-25-9-5-7-22(29(25)35)21-6-4-8-23(28(21)34)24-11-10-20(32(38-24)43-3)14-41-16-33(17-41)18-44-19-33/h4-11H,12-19H2,1-3H3,(H,37,42). The lowest BCUT2D eigenvalue weighted by Gasteiger charge is -2.55. The van der Waals surface area contributed by atoms with E-state index in [2.05, 4.69) is 33.2 Å². The van der Waals surface area contributed by atoms with Crippen LogP contribution in [0.2, 0.25) is 10.0 Å². The number of benzene rings is 2. The van der Waals surface area contributed by atoms with Gasteiger partial charge in [-0.3, -0.25) is 9.69 Å². The number of likely N-dealkylation sites (N-methyl/N-ethyl adjacent to an activating group) is 1. The summed E-state index contributed by atoms with van der Waals surface area (Å²) in [7, 11) is 5.58. The van der Waals surface area contributed by atoms with Crippen LogP contribution in [0, 0.1) is 5.41 Å². The van der Waals surface area contributed by atoms with Gasteiger partial charge in [-0.1, -0.05) is 59.6 Å². The summed E-state index contributed by atoms with van der Waals surface area (Å²) in [4.78, 5) is 27.4. The molecule has 0 atom stereocenters. The minimum absolute atomic E-state index is 0.311. The fraction of sp³-hybridized carbons (Fsp3) is 0.364. The van der Waals surface area contributed by atoms with E-state index in [0.29, 0.717) is 44.1 Å². The van der Waals surface area contributed by atoms with E-state index >= 15 is 0 Å². The van der Waals surface area contributed by atoms with Gasteiger partial charge in [-0.2, -0.15) is 0 Å². The second kappa shape index (κ2) is 11.5. The van der Waals surface area contributed by atoms with Gasteiger partial charge in [0.15, 0.2) is 5.82 Å². The van der Waals surface area contributed by atoms with Crippen LogP contribution in [-0.4, -0.2) is 77.2 Å². The van der Waals surface area contributed by atoms with Crippen LogP contribution < -0.4 is 10.1 Å². The van der Waals surface area contributed by atoms with Gasteiger partial charge >= 0.3 is 0 Å². The van der Waals surface area contributed by atoms with Crippen molar-refractivity contribution in [3.8, 4) is 28.3 Å². The van der Waals surface area contributed by atoms with Crippen molar-refractivity contribution in [3.05, 3.63) is 81.4 Å². The number of nitrogens with zero attached hydrogens (tertiary/aromatic N) is 5. The van der Waals surface area contributed by atoms with Crippen molar-refractivity contribution in [1.82, 2.24) is 24.3 Å². The number of rotatable bonds is 7. The number of methoxy groups -OCH3 is 1. The minimum Gasteiger partial charge on any atom is -0.481 e. The van der Waals surface area contributed by atoms with Crippen molar-refractivity contribution in [1.29, 1.82) is 0 Å². The van der Waals surface area contributed by atoms with E-state index in [0.717, 1.165) is 80.4 Å². The van der Waals surface area contributed by atoms with Crippen LogP contribution in [0.15, 0.2) is 48.5 Å². The van der Waals surface area contributed by atoms with Crippen molar-refractivity contribution in [3.63, 3.8) is 0 Å². The largest absolute Gasteiger partial charge is 0.481 e. The number of carbonyl (C=O) groups excluding carboxylic acids is 1. The van der Waals surface area contributed by atoms with E-state index in [9.17, 15) is 4.79 Å². The first-order valence-corrected chi connectivity index (χ1v) is 15.5. The summed E-state index contributed by atoms with van der Waals surface area (Å²) in [5.74, 6) is 0.635. The second-order valence-corrected chi connectivity index (χ2v) is 12.9. The van der Waals surface area contributed by atoms with Crippen LogP contribution in [0.5, 0.6) is 5.88 Å². The molecular weight excluding hydrogens is 599 g/mol. The second-order valence-electron chi connectivity index (χ2n) is 12.2. The Bertz CT molecular complexity index is 1760. The molecule has 3 aliphatic rings. The Morgan fingerprint density at radius 3 is 2.45 bits per heavy atom. The molecule has 228 valence electrons. The predicted molar refractivity (Wildman–Crippen MR) is 171 cm³/mol. The molecule has 0 aliphatic carbocycles. The molecule has 1 N–H and O–H groups in total. The SMILES string of the molecule is COc1nc(-c2cccc(-c3cccc(NC(=O)c4nc5c(n4C)CCN(C)C5)c3Cl)c2Cl)ccc1CN1CC2(COC2)C1. The van der Waals surface area contributed by atoms with Gasteiger partial charge in [0.1, 0.15) is 0 Å². The number of fused-ring (bicyclic) bond motifs is 1. The molecule has 3 aliphatic heterocycles. The highest BCUT2D eigenvalue weighted by atomic mass is 35.5. The Morgan fingerprint density at radius 1 is 1.00 bits per heavy atom. The number of hydrogen-bond acceptors (Lipinski definition) is 7. The quantitative estimate of drug-likeness (QED) is 0.286. The van der Waals surface area contributed by atoms with E-state index in [1.165, 1.54) is 0 Å². The highest BCUT2D eigenvalue weighted by Gasteiger charge is 2.48. The molecule has 1 amide bonds. The van der Waals surface area contributed by atoms with E-state index in [-0.39, 0.29) is 5.91 Å². The Kier molecular flexibility index (Phi) is 7.63. The van der Waals surface area contributed by atoms with Crippen molar-refractivity contribution >= 4 is 34.8 Å². The molecule has 2 aromatic heterocycles. The number of carbonyl (C=O) groups is 1. The number of halogens is 2. The Labute approximate surface area is 266 Å². The summed E-state index contributed by atoms with van der Waals surface area (Å²) in [5.41, 5.74) is 6.80. The van der Waals surface area contributed by atoms with Crippen molar-refractivity contribution in [2.45, 2.75) is 19.5 Å². The van der Waals surface area contributed by atoms with Gasteiger partial charge < -0.3 is 24.3 Å². The van der Waals surface area contributed by atoms with Crippen LogP contribution in [0.4, 0.5) is 5.69 Å². The van der Waals surface area contributed by atoms with E-state index in [1.807, 2.05) is 48.0 Å². The molecule has 2 fully saturated rings. The van der Waals surface area contributed by atoms with Gasteiger partial charge in [0, 0.05) is 79.6 Å². The summed E-state index contributed by atoms with van der Waals surface area (Å²) in [6.07, 6.45) is 0.853. The maximum absolute atomic E-state index is 13.3. The lowest BCUT2D eigenvalue weighted by atomic mass is 9.78. The fourth-order valence-corrected chi connectivity index (χ4v) is 7.16. The summed E-state index contributed by atoms with van der Waals surface area (Å²) >= 11 is 14.0. The van der Waals surface area contributed by atoms with Gasteiger partial charge in [0.25, 0.3) is 5.91 Å². The summed E-state index contributed by atoms with van der Waals surface area (Å²) in [5, 5.41) is 3.87. The maximum atomic E-state index is 13.3. The molecule has 2 aromatic carbocycles. The van der Waals surface area contributed by atoms with Gasteiger partial charge in [-0.25, -0.2) is 9.97 Å². The first-order chi connectivity index (χ1) is 21.2. The zero-order valence-electron chi connectivity index (χ0n) is 25.0. The molecule has 5 heterocycles. The highest BCUT2D eigenvalue weighted by molar-refractivity contribution is 6.39. The minimum atomic E-state index is -0.311. The van der Waals surface area contributed by atoms with Crippen LogP contribution in [0.3, 0.4) is 0 Å². The van der Waals surface area contributed by atoms with Crippen molar-refractivity contribution in [2.24, 2.45) is 12.5 Å². The molecular formula is C33H34Cl2N6O3. The molecule has 0 unspecified atom stereocenters. The Hall–Kier alpha value is -3.47. The number of amides is 1. The number of hydrogen-bond donors (Lipinski definition) is 1. The van der Waals surface area contributed by atoms with Gasteiger partial charge in [0.2, 0.25) is 5.88 Å². The van der Waals surface area contributed by atoms with E-state index in [1.54, 1.807) is 13.2 Å². The summed E-state index contributed by atoms with van der Waals surface area (Å²) < 4.78 is 13.0. The van der Waals surface area contributed by atoms with Crippen LogP contribution in [0.25, 0.3) is 22.4 Å². The average Bonchev–Trinajstić information content (AvgIpc) is 3.30. The monoisotopic (exact) mass is 632 g/mol. The van der Waals surface area contributed by atoms with E-state index < -0.39 is 0 Å². The molecule has 1 spiro atoms. The van der Waals surface area contributed by atoms with Crippen molar-refractivity contribution < 1.29 is 14.3 Å². The Morgan fingerprint density at radius 2 is 1.73 bits per heavy atom.